The van der Waals surface area contributed by atoms with Crippen LogP contribution in [-0.2, 0) is 4.74 Å². The molecule has 0 saturated carbocycles. The molecule has 3 aromatic rings. The van der Waals surface area contributed by atoms with Gasteiger partial charge < -0.3 is 9.47 Å². The number of nitro benzene ring substituents is 1. The summed E-state index contributed by atoms with van der Waals surface area (Å²) >= 11 is 7.64. The number of hydrogen-bond donors (Lipinski definition) is 0. The highest BCUT2D eigenvalue weighted by Gasteiger charge is 2.26. The summed E-state index contributed by atoms with van der Waals surface area (Å²) in [6.07, 6.45) is 0. The van der Waals surface area contributed by atoms with Crippen molar-refractivity contribution >= 4 is 49.9 Å². The predicted molar refractivity (Wildman–Crippen MR) is 128 cm³/mol. The molecular weight excluding hydrogens is 468 g/mol. The normalized spacial score (nSPS) is 14.4. The van der Waals surface area contributed by atoms with Crippen LogP contribution in [0.25, 0.3) is 10.2 Å². The number of rotatable bonds is 8. The van der Waals surface area contributed by atoms with Crippen LogP contribution in [0.15, 0.2) is 36.4 Å². The summed E-state index contributed by atoms with van der Waals surface area (Å²) < 4.78 is 11.9. The first-order valence-electron chi connectivity index (χ1n) is 10.6. The molecule has 4 rings (SSSR count). The van der Waals surface area contributed by atoms with E-state index >= 15 is 0 Å². The number of aromatic nitrogens is 1. The standard InChI is InChI=1S/C22H23ClN4O5S/c1-2-32-16-4-6-19-20(14-16)33-22(24-19)26(8-7-25-9-11-31-12-10-25)21(28)17-13-15(27(29)30)3-5-18(17)23/h3-6,13-14H,2,7-12H2,1H3. The van der Waals surface area contributed by atoms with Gasteiger partial charge in [-0.1, -0.05) is 22.9 Å². The third-order valence-corrected chi connectivity index (χ3v) is 6.64. The maximum atomic E-state index is 13.6. The van der Waals surface area contributed by atoms with E-state index in [-0.39, 0.29) is 16.3 Å². The zero-order chi connectivity index (χ0) is 23.4. The number of hydrogen-bond acceptors (Lipinski definition) is 8. The molecule has 11 heteroatoms. The number of halogens is 1. The van der Waals surface area contributed by atoms with Crippen LogP contribution >= 0.6 is 22.9 Å². The summed E-state index contributed by atoms with van der Waals surface area (Å²) in [5.41, 5.74) is 0.622. The van der Waals surface area contributed by atoms with Gasteiger partial charge in [0.25, 0.3) is 11.6 Å². The van der Waals surface area contributed by atoms with Crippen LogP contribution in [0, 0.1) is 10.1 Å². The highest BCUT2D eigenvalue weighted by molar-refractivity contribution is 7.22. The molecule has 1 saturated heterocycles. The average Bonchev–Trinajstić information content (AvgIpc) is 3.23. The van der Waals surface area contributed by atoms with E-state index in [1.165, 1.54) is 29.5 Å². The van der Waals surface area contributed by atoms with Crippen LogP contribution in [0.1, 0.15) is 17.3 Å². The second-order valence-electron chi connectivity index (χ2n) is 7.39. The number of carbonyl (C=O) groups excluding carboxylic acids is 1. The van der Waals surface area contributed by atoms with Crippen LogP contribution in [0.3, 0.4) is 0 Å². The minimum Gasteiger partial charge on any atom is -0.494 e. The molecule has 0 spiro atoms. The van der Waals surface area contributed by atoms with Crippen molar-refractivity contribution in [2.75, 3.05) is 50.9 Å². The number of fused-ring (bicyclic) bond motifs is 1. The molecule has 0 atom stereocenters. The van der Waals surface area contributed by atoms with Gasteiger partial charge in [0.2, 0.25) is 0 Å². The molecule has 9 nitrogen and oxygen atoms in total. The number of morpholine rings is 1. The largest absolute Gasteiger partial charge is 0.494 e. The van der Waals surface area contributed by atoms with Crippen LogP contribution in [0.4, 0.5) is 10.8 Å². The van der Waals surface area contributed by atoms with Gasteiger partial charge in [-0.25, -0.2) is 4.98 Å². The molecule has 0 radical (unpaired) electrons. The van der Waals surface area contributed by atoms with Gasteiger partial charge in [-0.15, -0.1) is 0 Å². The summed E-state index contributed by atoms with van der Waals surface area (Å²) in [7, 11) is 0. The minimum atomic E-state index is -0.544. The molecule has 0 N–H and O–H groups in total. The van der Waals surface area contributed by atoms with E-state index < -0.39 is 10.8 Å². The molecule has 2 heterocycles. The van der Waals surface area contributed by atoms with Crippen LogP contribution in [0.5, 0.6) is 5.75 Å². The van der Waals surface area contributed by atoms with E-state index in [0.717, 1.165) is 29.1 Å². The Bertz CT molecular complexity index is 1160. The third-order valence-electron chi connectivity index (χ3n) is 5.27. The first-order valence-corrected chi connectivity index (χ1v) is 11.7. The third kappa shape index (κ3) is 5.41. The SMILES string of the molecule is CCOc1ccc2nc(N(CCN3CCOCC3)C(=O)c3cc([N+](=O)[O-])ccc3Cl)sc2c1. The number of ether oxygens (including phenoxy) is 2. The van der Waals surface area contributed by atoms with Crippen molar-refractivity contribution in [1.29, 1.82) is 0 Å². The van der Waals surface area contributed by atoms with E-state index in [1.54, 1.807) is 4.90 Å². The van der Waals surface area contributed by atoms with Crippen molar-refractivity contribution in [3.63, 3.8) is 0 Å². The molecule has 1 aliphatic rings. The lowest BCUT2D eigenvalue weighted by molar-refractivity contribution is -0.384. The second-order valence-corrected chi connectivity index (χ2v) is 8.81. The number of nitro groups is 1. The van der Waals surface area contributed by atoms with Crippen molar-refractivity contribution in [2.24, 2.45) is 0 Å². The number of carbonyl (C=O) groups is 1. The van der Waals surface area contributed by atoms with Crippen molar-refractivity contribution in [2.45, 2.75) is 6.92 Å². The Labute approximate surface area is 199 Å². The van der Waals surface area contributed by atoms with Crippen molar-refractivity contribution in [1.82, 2.24) is 9.88 Å². The Morgan fingerprint density at radius 2 is 2.09 bits per heavy atom. The fourth-order valence-corrected chi connectivity index (χ4v) is 4.77. The Hall–Kier alpha value is -2.79. The van der Waals surface area contributed by atoms with Gasteiger partial charge in [-0.2, -0.15) is 0 Å². The number of non-ortho nitro benzene ring substituents is 1. The van der Waals surface area contributed by atoms with Crippen LogP contribution in [-0.4, -0.2) is 66.7 Å². The maximum absolute atomic E-state index is 13.6. The fourth-order valence-electron chi connectivity index (χ4n) is 3.55. The molecule has 0 aliphatic carbocycles. The van der Waals surface area contributed by atoms with Gasteiger partial charge in [0.15, 0.2) is 5.13 Å². The number of benzene rings is 2. The molecule has 0 unspecified atom stereocenters. The molecule has 0 bridgehead atoms. The van der Waals surface area contributed by atoms with E-state index in [4.69, 9.17) is 21.1 Å². The highest BCUT2D eigenvalue weighted by atomic mass is 35.5. The molecule has 2 aromatic carbocycles. The Morgan fingerprint density at radius 3 is 2.82 bits per heavy atom. The first-order chi connectivity index (χ1) is 16.0. The van der Waals surface area contributed by atoms with Crippen molar-refractivity contribution in [3.8, 4) is 5.75 Å². The van der Waals surface area contributed by atoms with Crippen molar-refractivity contribution in [3.05, 3.63) is 57.1 Å². The van der Waals surface area contributed by atoms with E-state index in [9.17, 15) is 14.9 Å². The highest BCUT2D eigenvalue weighted by Crippen LogP contribution is 2.33. The van der Waals surface area contributed by atoms with Gasteiger partial charge in [-0.3, -0.25) is 24.7 Å². The monoisotopic (exact) mass is 490 g/mol. The van der Waals surface area contributed by atoms with Crippen LogP contribution < -0.4 is 9.64 Å². The zero-order valence-electron chi connectivity index (χ0n) is 18.0. The minimum absolute atomic E-state index is 0.0714. The number of thiazole rings is 1. The number of nitrogens with zero attached hydrogens (tertiary/aromatic N) is 4. The van der Waals surface area contributed by atoms with Gasteiger partial charge in [0.1, 0.15) is 5.75 Å². The van der Waals surface area contributed by atoms with Gasteiger partial charge in [0, 0.05) is 38.3 Å². The molecular formula is C22H23ClN4O5S. The predicted octanol–water partition coefficient (Wildman–Crippen LogP) is 4.24. The smallest absolute Gasteiger partial charge is 0.270 e. The lowest BCUT2D eigenvalue weighted by Gasteiger charge is -2.29. The molecule has 174 valence electrons. The number of amides is 1. The summed E-state index contributed by atoms with van der Waals surface area (Å²) in [5.74, 6) is 0.300. The van der Waals surface area contributed by atoms with E-state index in [0.29, 0.717) is 38.0 Å². The maximum Gasteiger partial charge on any atom is 0.270 e. The Kier molecular flexibility index (Phi) is 7.39. The second kappa shape index (κ2) is 10.4. The average molecular weight is 491 g/mol. The quantitative estimate of drug-likeness (QED) is 0.344. The van der Waals surface area contributed by atoms with Gasteiger partial charge in [0.05, 0.1) is 45.5 Å². The molecule has 33 heavy (non-hydrogen) atoms. The summed E-state index contributed by atoms with van der Waals surface area (Å²) in [6, 6.07) is 9.46. The zero-order valence-corrected chi connectivity index (χ0v) is 19.6. The van der Waals surface area contributed by atoms with E-state index in [2.05, 4.69) is 9.88 Å². The summed E-state index contributed by atoms with van der Waals surface area (Å²) in [6.45, 7) is 6.27. The summed E-state index contributed by atoms with van der Waals surface area (Å²) in [5, 5.41) is 11.9. The van der Waals surface area contributed by atoms with Gasteiger partial charge >= 0.3 is 0 Å². The molecule has 1 fully saturated rings. The molecule has 1 aromatic heterocycles. The topological polar surface area (TPSA) is 98.0 Å². The molecule has 1 aliphatic heterocycles. The lowest BCUT2D eigenvalue weighted by atomic mass is 10.1. The summed E-state index contributed by atoms with van der Waals surface area (Å²) in [4.78, 5) is 32.7. The number of anilines is 1. The Balaban J connectivity index is 1.68. The van der Waals surface area contributed by atoms with E-state index in [1.807, 2.05) is 25.1 Å². The first kappa shape index (κ1) is 23.4. The lowest BCUT2D eigenvalue weighted by Crippen LogP contribution is -2.43. The molecule has 1 amide bonds. The van der Waals surface area contributed by atoms with Crippen molar-refractivity contribution < 1.29 is 19.2 Å². The Morgan fingerprint density at radius 1 is 1.30 bits per heavy atom. The van der Waals surface area contributed by atoms with Crippen LogP contribution in [0.2, 0.25) is 5.02 Å². The van der Waals surface area contributed by atoms with Gasteiger partial charge in [-0.05, 0) is 31.2 Å². The fraction of sp³-hybridized carbons (Fsp3) is 0.364.